The number of benzene rings is 2. The summed E-state index contributed by atoms with van der Waals surface area (Å²) >= 11 is 0. The first-order valence-corrected chi connectivity index (χ1v) is 7.81. The van der Waals surface area contributed by atoms with E-state index in [1.54, 1.807) is 0 Å². The number of aromatic nitrogens is 1. The molecule has 1 nitrogen and oxygen atoms in total. The lowest BCUT2D eigenvalue weighted by molar-refractivity contribution is 0.667. The van der Waals surface area contributed by atoms with Gasteiger partial charge in [0.25, 0.3) is 0 Å². The van der Waals surface area contributed by atoms with Crippen LogP contribution in [0.1, 0.15) is 25.0 Å². The number of nitrogens with one attached hydrogen (secondary N) is 1. The second kappa shape index (κ2) is 3.80. The second-order valence-corrected chi connectivity index (χ2v) is 6.84. The molecule has 106 valence electrons. The van der Waals surface area contributed by atoms with Gasteiger partial charge >= 0.3 is 0 Å². The summed E-state index contributed by atoms with van der Waals surface area (Å²) in [6.07, 6.45) is 8.95. The van der Waals surface area contributed by atoms with Crippen molar-refractivity contribution in [1.29, 1.82) is 0 Å². The lowest BCUT2D eigenvalue weighted by Crippen LogP contribution is -2.25. The largest absolute Gasteiger partial charge is 0.354 e. The molecular formula is C21H17N. The van der Waals surface area contributed by atoms with Gasteiger partial charge in [-0.05, 0) is 33.4 Å². The molecular weight excluding hydrogens is 266 g/mol. The molecule has 2 aromatic carbocycles. The fraction of sp³-hybridized carbons (Fsp3) is 0.143. The molecule has 5 rings (SSSR count). The third-order valence-corrected chi connectivity index (χ3v) is 5.01. The Kier molecular flexibility index (Phi) is 2.08. The predicted octanol–water partition coefficient (Wildman–Crippen LogP) is 3.22. The molecule has 0 fully saturated rings. The van der Waals surface area contributed by atoms with E-state index >= 15 is 0 Å². The maximum atomic E-state index is 3.67. The van der Waals surface area contributed by atoms with Crippen molar-refractivity contribution in [3.63, 3.8) is 0 Å². The summed E-state index contributed by atoms with van der Waals surface area (Å²) in [4.78, 5) is 3.67. The van der Waals surface area contributed by atoms with Gasteiger partial charge in [0.05, 0.1) is 5.52 Å². The summed E-state index contributed by atoms with van der Waals surface area (Å²) in [6, 6.07) is 13.2. The molecule has 1 heterocycles. The molecule has 1 heteroatoms. The third kappa shape index (κ3) is 1.38. The molecule has 2 aliphatic rings. The van der Waals surface area contributed by atoms with Crippen LogP contribution < -0.4 is 10.6 Å². The van der Waals surface area contributed by atoms with Crippen LogP contribution >= 0.6 is 0 Å². The van der Waals surface area contributed by atoms with Gasteiger partial charge in [-0.15, -0.1) is 0 Å². The van der Waals surface area contributed by atoms with Gasteiger partial charge in [-0.2, -0.15) is 0 Å². The minimum absolute atomic E-state index is 0.0715. The zero-order chi connectivity index (χ0) is 14.9. The smallest absolute Gasteiger partial charge is 0.0541 e. The van der Waals surface area contributed by atoms with Crippen LogP contribution in [-0.4, -0.2) is 4.98 Å². The molecule has 22 heavy (non-hydrogen) atoms. The summed E-state index contributed by atoms with van der Waals surface area (Å²) in [5, 5.41) is 6.60. The highest BCUT2D eigenvalue weighted by Gasteiger charge is 2.25. The van der Waals surface area contributed by atoms with E-state index in [1.807, 2.05) is 0 Å². The maximum Gasteiger partial charge on any atom is 0.0541 e. The highest BCUT2D eigenvalue weighted by molar-refractivity contribution is 5.93. The van der Waals surface area contributed by atoms with Crippen molar-refractivity contribution in [3.8, 4) is 0 Å². The minimum atomic E-state index is 0.0715. The molecule has 0 aliphatic heterocycles. The van der Waals surface area contributed by atoms with E-state index in [4.69, 9.17) is 0 Å². The molecule has 0 saturated heterocycles. The zero-order valence-electron chi connectivity index (χ0n) is 12.8. The molecule has 0 bridgehead atoms. The number of hydrogen-bond donors (Lipinski definition) is 1. The fourth-order valence-electron chi connectivity index (χ4n) is 4.00. The first-order chi connectivity index (χ1) is 10.6. The van der Waals surface area contributed by atoms with Crippen LogP contribution in [0.3, 0.4) is 0 Å². The van der Waals surface area contributed by atoms with Crippen molar-refractivity contribution < 1.29 is 0 Å². The summed E-state index contributed by atoms with van der Waals surface area (Å²) in [7, 11) is 0. The van der Waals surface area contributed by atoms with Crippen molar-refractivity contribution in [2.45, 2.75) is 19.3 Å². The van der Waals surface area contributed by atoms with E-state index < -0.39 is 0 Å². The third-order valence-electron chi connectivity index (χ3n) is 5.01. The van der Waals surface area contributed by atoms with Crippen LogP contribution in [0.2, 0.25) is 0 Å². The van der Waals surface area contributed by atoms with Crippen LogP contribution in [0.5, 0.6) is 0 Å². The number of allylic oxidation sites excluding steroid dienone is 2. The number of H-pyrrole nitrogens is 1. The molecule has 0 atom stereocenters. The number of rotatable bonds is 0. The Hall–Kier alpha value is -2.54. The number of aromatic amines is 1. The van der Waals surface area contributed by atoms with Crippen LogP contribution in [0, 0.1) is 10.4 Å². The monoisotopic (exact) mass is 283 g/mol. The fourth-order valence-corrected chi connectivity index (χ4v) is 4.00. The van der Waals surface area contributed by atoms with Crippen LogP contribution in [0.25, 0.3) is 23.1 Å². The van der Waals surface area contributed by atoms with Crippen LogP contribution in [-0.2, 0) is 5.41 Å². The Labute approximate surface area is 128 Å². The van der Waals surface area contributed by atoms with Gasteiger partial charge in [0.2, 0.25) is 0 Å². The Morgan fingerprint density at radius 2 is 1.82 bits per heavy atom. The van der Waals surface area contributed by atoms with E-state index in [2.05, 4.69) is 79.5 Å². The van der Waals surface area contributed by atoms with Gasteiger partial charge in [-0.3, -0.25) is 0 Å². The Morgan fingerprint density at radius 3 is 2.73 bits per heavy atom. The Bertz CT molecular complexity index is 1190. The van der Waals surface area contributed by atoms with Gasteiger partial charge in [0, 0.05) is 21.7 Å². The van der Waals surface area contributed by atoms with Gasteiger partial charge in [0.1, 0.15) is 0 Å². The number of fused-ring (bicyclic) bond motifs is 6. The van der Waals surface area contributed by atoms with Gasteiger partial charge in [-0.25, -0.2) is 0 Å². The standard InChI is InChI=1S/C21H17N/c1-21(2)11-5-8-18-19(21)16-10-9-15-14-7-4-3-6-13(14)12-17(15)20(16)22-18/h3-12,22H,1-2H3. The van der Waals surface area contributed by atoms with Gasteiger partial charge in [-0.1, -0.05) is 62.4 Å². The van der Waals surface area contributed by atoms with Crippen molar-refractivity contribution in [1.82, 2.24) is 4.98 Å². The molecule has 1 N–H and O–H groups in total. The summed E-state index contributed by atoms with van der Waals surface area (Å²) in [6.45, 7) is 4.57. The van der Waals surface area contributed by atoms with E-state index in [-0.39, 0.29) is 5.41 Å². The quantitative estimate of drug-likeness (QED) is 0.510. The molecule has 0 unspecified atom stereocenters. The van der Waals surface area contributed by atoms with Crippen LogP contribution in [0.4, 0.5) is 0 Å². The zero-order valence-corrected chi connectivity index (χ0v) is 12.8. The average Bonchev–Trinajstić information content (AvgIpc) is 3.05. The molecule has 0 radical (unpaired) electrons. The summed E-state index contributed by atoms with van der Waals surface area (Å²) < 4.78 is 0. The molecule has 0 amide bonds. The van der Waals surface area contributed by atoms with Crippen molar-refractivity contribution in [2.75, 3.05) is 0 Å². The van der Waals surface area contributed by atoms with Crippen molar-refractivity contribution >= 4 is 23.1 Å². The average molecular weight is 283 g/mol. The maximum absolute atomic E-state index is 3.67. The van der Waals surface area contributed by atoms with E-state index in [0.717, 1.165) is 0 Å². The normalized spacial score (nSPS) is 16.6. The highest BCUT2D eigenvalue weighted by Crippen LogP contribution is 2.32. The van der Waals surface area contributed by atoms with Crippen molar-refractivity contribution in [2.24, 2.45) is 0 Å². The second-order valence-electron chi connectivity index (χ2n) is 6.84. The number of hydrogen-bond acceptors (Lipinski definition) is 0. The Morgan fingerprint density at radius 1 is 0.955 bits per heavy atom. The first-order valence-electron chi connectivity index (χ1n) is 7.81. The van der Waals surface area contributed by atoms with Gasteiger partial charge < -0.3 is 4.98 Å². The van der Waals surface area contributed by atoms with E-state index in [1.165, 1.54) is 43.0 Å². The first kappa shape index (κ1) is 12.0. The molecule has 2 aliphatic carbocycles. The highest BCUT2D eigenvalue weighted by atomic mass is 14.7. The molecule has 0 saturated carbocycles. The predicted molar refractivity (Wildman–Crippen MR) is 91.9 cm³/mol. The van der Waals surface area contributed by atoms with Crippen LogP contribution in [0.15, 0.2) is 48.6 Å². The van der Waals surface area contributed by atoms with Crippen molar-refractivity contribution in [3.05, 3.63) is 80.7 Å². The SMILES string of the molecule is CC1(C)C=CC=c2[nH]c3c4c(ccc3c21)=c1ccccc1=C4. The topological polar surface area (TPSA) is 15.8 Å². The minimum Gasteiger partial charge on any atom is -0.354 e. The lowest BCUT2D eigenvalue weighted by Gasteiger charge is -2.22. The molecule has 3 aromatic rings. The summed E-state index contributed by atoms with van der Waals surface area (Å²) in [5.41, 5.74) is 4.09. The Balaban J connectivity index is 2.02. The lowest BCUT2D eigenvalue weighted by atomic mass is 9.81. The van der Waals surface area contributed by atoms with Gasteiger partial charge in [0.15, 0.2) is 0 Å². The van der Waals surface area contributed by atoms with E-state index in [0.29, 0.717) is 0 Å². The summed E-state index contributed by atoms with van der Waals surface area (Å²) in [5.74, 6) is 0. The molecule has 0 spiro atoms. The van der Waals surface area contributed by atoms with E-state index in [9.17, 15) is 0 Å². The molecule has 1 aromatic heterocycles.